The highest BCUT2D eigenvalue weighted by atomic mass is 32.1. The van der Waals surface area contributed by atoms with Gasteiger partial charge in [-0.2, -0.15) is 5.10 Å². The monoisotopic (exact) mass is 398 g/mol. The molecule has 0 atom stereocenters. The standard InChI is InChI=1S/C18H18N6O3S/c1-3-27-12-5-4-6-13-15(12)22-18(28-13)21-14(25)7-8-24-10-19-16-11(17(24)26)9-20-23(16)2/h4-6,9-10H,3,7-8H2,1-2H3,(H,21,22,25). The Bertz CT molecular complexity index is 1230. The van der Waals surface area contributed by atoms with Gasteiger partial charge in [0.2, 0.25) is 5.91 Å². The van der Waals surface area contributed by atoms with Gasteiger partial charge in [-0.3, -0.25) is 18.8 Å². The molecular formula is C18H18N6O3S. The Morgan fingerprint density at radius 1 is 1.36 bits per heavy atom. The Morgan fingerprint density at radius 2 is 2.21 bits per heavy atom. The molecule has 0 saturated heterocycles. The molecule has 3 heterocycles. The zero-order chi connectivity index (χ0) is 19.7. The van der Waals surface area contributed by atoms with Crippen molar-refractivity contribution in [2.24, 2.45) is 7.05 Å². The van der Waals surface area contributed by atoms with E-state index < -0.39 is 0 Å². The molecule has 3 aromatic heterocycles. The van der Waals surface area contributed by atoms with E-state index in [1.54, 1.807) is 7.05 Å². The van der Waals surface area contributed by atoms with Gasteiger partial charge >= 0.3 is 0 Å². The highest BCUT2D eigenvalue weighted by Crippen LogP contribution is 2.32. The molecule has 0 aliphatic heterocycles. The predicted molar refractivity (Wildman–Crippen MR) is 107 cm³/mol. The largest absolute Gasteiger partial charge is 0.492 e. The van der Waals surface area contributed by atoms with E-state index >= 15 is 0 Å². The van der Waals surface area contributed by atoms with Crippen molar-refractivity contribution in [3.8, 4) is 5.75 Å². The van der Waals surface area contributed by atoms with Crippen LogP contribution < -0.4 is 15.6 Å². The summed E-state index contributed by atoms with van der Waals surface area (Å²) in [6.07, 6.45) is 3.05. The lowest BCUT2D eigenvalue weighted by atomic mass is 10.3. The summed E-state index contributed by atoms with van der Waals surface area (Å²) in [5, 5.41) is 7.76. The zero-order valence-electron chi connectivity index (χ0n) is 15.4. The molecule has 144 valence electrons. The topological polar surface area (TPSA) is 104 Å². The van der Waals surface area contributed by atoms with Gasteiger partial charge in [0, 0.05) is 20.0 Å². The van der Waals surface area contributed by atoms with Crippen molar-refractivity contribution in [3.05, 3.63) is 41.1 Å². The van der Waals surface area contributed by atoms with E-state index in [4.69, 9.17) is 4.74 Å². The number of anilines is 1. The van der Waals surface area contributed by atoms with E-state index in [0.29, 0.717) is 28.5 Å². The Balaban J connectivity index is 1.46. The van der Waals surface area contributed by atoms with Crippen LogP contribution >= 0.6 is 11.3 Å². The summed E-state index contributed by atoms with van der Waals surface area (Å²) in [6, 6.07) is 5.68. The van der Waals surface area contributed by atoms with Crippen LogP contribution in [0.4, 0.5) is 5.13 Å². The van der Waals surface area contributed by atoms with Crippen LogP contribution in [0, 0.1) is 0 Å². The van der Waals surface area contributed by atoms with E-state index in [-0.39, 0.29) is 24.4 Å². The van der Waals surface area contributed by atoms with Crippen LogP contribution in [-0.4, -0.2) is 36.8 Å². The Hall–Kier alpha value is -3.27. The molecule has 0 bridgehead atoms. The summed E-state index contributed by atoms with van der Waals surface area (Å²) in [5.74, 6) is 0.467. The van der Waals surface area contributed by atoms with Crippen molar-refractivity contribution >= 4 is 43.6 Å². The lowest BCUT2D eigenvalue weighted by Gasteiger charge is -2.05. The smallest absolute Gasteiger partial charge is 0.264 e. The first-order valence-electron chi connectivity index (χ1n) is 8.76. The first-order valence-corrected chi connectivity index (χ1v) is 9.58. The van der Waals surface area contributed by atoms with Crippen LogP contribution in [0.25, 0.3) is 21.3 Å². The summed E-state index contributed by atoms with van der Waals surface area (Å²) in [6.45, 7) is 2.67. The van der Waals surface area contributed by atoms with Gasteiger partial charge in [0.15, 0.2) is 10.8 Å². The van der Waals surface area contributed by atoms with E-state index in [1.807, 2.05) is 25.1 Å². The number of nitrogens with zero attached hydrogens (tertiary/aromatic N) is 5. The number of carbonyl (C=O) groups excluding carboxylic acids is 1. The number of ether oxygens (including phenoxy) is 1. The number of rotatable bonds is 6. The number of fused-ring (bicyclic) bond motifs is 2. The first kappa shape index (κ1) is 18.1. The average Bonchev–Trinajstić information content (AvgIpc) is 3.26. The molecule has 1 N–H and O–H groups in total. The highest BCUT2D eigenvalue weighted by Gasteiger charge is 2.13. The van der Waals surface area contributed by atoms with Gasteiger partial charge in [-0.25, -0.2) is 9.97 Å². The number of amides is 1. The van der Waals surface area contributed by atoms with Gasteiger partial charge in [0.25, 0.3) is 5.56 Å². The SMILES string of the molecule is CCOc1cccc2sc(NC(=O)CCn3cnc4c(cnn4C)c3=O)nc12. The number of para-hydroxylation sites is 1. The molecule has 1 amide bonds. The van der Waals surface area contributed by atoms with Gasteiger partial charge in [-0.05, 0) is 19.1 Å². The predicted octanol–water partition coefficient (Wildman–Crippen LogP) is 2.17. The molecule has 0 saturated carbocycles. The fourth-order valence-electron chi connectivity index (χ4n) is 2.88. The molecule has 0 aliphatic carbocycles. The van der Waals surface area contributed by atoms with E-state index in [1.165, 1.54) is 33.1 Å². The Morgan fingerprint density at radius 3 is 3.04 bits per heavy atom. The molecule has 0 aliphatic rings. The first-order chi connectivity index (χ1) is 13.6. The van der Waals surface area contributed by atoms with E-state index in [2.05, 4.69) is 20.4 Å². The molecule has 0 fully saturated rings. The second kappa shape index (κ2) is 7.39. The van der Waals surface area contributed by atoms with Crippen LogP contribution in [0.15, 0.2) is 35.5 Å². The lowest BCUT2D eigenvalue weighted by Crippen LogP contribution is -2.23. The molecule has 0 unspecified atom stereocenters. The molecule has 10 heteroatoms. The minimum absolute atomic E-state index is 0.127. The molecule has 0 spiro atoms. The second-order valence-corrected chi connectivity index (χ2v) is 7.13. The third-order valence-electron chi connectivity index (χ3n) is 4.23. The third-order valence-corrected chi connectivity index (χ3v) is 5.16. The van der Waals surface area contributed by atoms with Crippen LogP contribution in [0.5, 0.6) is 5.75 Å². The fraction of sp³-hybridized carbons (Fsp3) is 0.278. The van der Waals surface area contributed by atoms with Crippen molar-refractivity contribution < 1.29 is 9.53 Å². The maximum atomic E-state index is 12.4. The van der Waals surface area contributed by atoms with Gasteiger partial charge in [0.05, 0.1) is 23.8 Å². The molecule has 1 aromatic carbocycles. The summed E-state index contributed by atoms with van der Waals surface area (Å²) in [4.78, 5) is 33.5. The minimum atomic E-state index is -0.227. The van der Waals surface area contributed by atoms with Crippen molar-refractivity contribution in [3.63, 3.8) is 0 Å². The Labute approximate surface area is 163 Å². The number of benzene rings is 1. The van der Waals surface area contributed by atoms with Gasteiger partial charge in [0.1, 0.15) is 16.7 Å². The summed E-state index contributed by atoms with van der Waals surface area (Å²) < 4.78 is 9.46. The number of hydrogen-bond donors (Lipinski definition) is 1. The van der Waals surface area contributed by atoms with E-state index in [9.17, 15) is 9.59 Å². The molecule has 28 heavy (non-hydrogen) atoms. The van der Waals surface area contributed by atoms with E-state index in [0.717, 1.165) is 10.2 Å². The van der Waals surface area contributed by atoms with Crippen molar-refractivity contribution in [1.29, 1.82) is 0 Å². The van der Waals surface area contributed by atoms with Gasteiger partial charge < -0.3 is 10.1 Å². The quantitative estimate of drug-likeness (QED) is 0.534. The summed E-state index contributed by atoms with van der Waals surface area (Å²) in [5.41, 5.74) is 1.03. The third kappa shape index (κ3) is 3.33. The number of aromatic nitrogens is 5. The van der Waals surface area contributed by atoms with Crippen molar-refractivity contribution in [2.45, 2.75) is 19.9 Å². The number of hydrogen-bond acceptors (Lipinski definition) is 7. The highest BCUT2D eigenvalue weighted by molar-refractivity contribution is 7.22. The van der Waals surface area contributed by atoms with Gasteiger partial charge in [-0.1, -0.05) is 17.4 Å². The molecule has 9 nitrogen and oxygen atoms in total. The normalized spacial score (nSPS) is 11.2. The van der Waals surface area contributed by atoms with Crippen LogP contribution in [0.3, 0.4) is 0 Å². The minimum Gasteiger partial charge on any atom is -0.492 e. The van der Waals surface area contributed by atoms with Crippen LogP contribution in [0.2, 0.25) is 0 Å². The fourth-order valence-corrected chi connectivity index (χ4v) is 3.78. The zero-order valence-corrected chi connectivity index (χ0v) is 16.2. The molecule has 4 rings (SSSR count). The molecule has 4 aromatic rings. The van der Waals surface area contributed by atoms with Crippen molar-refractivity contribution in [2.75, 3.05) is 11.9 Å². The summed E-state index contributed by atoms with van der Waals surface area (Å²) >= 11 is 1.38. The van der Waals surface area contributed by atoms with Gasteiger partial charge in [-0.15, -0.1) is 0 Å². The number of nitrogens with one attached hydrogen (secondary N) is 1. The average molecular weight is 398 g/mol. The second-order valence-electron chi connectivity index (χ2n) is 6.10. The Kier molecular flexibility index (Phi) is 4.78. The number of thiazole rings is 1. The maximum Gasteiger partial charge on any atom is 0.264 e. The lowest BCUT2D eigenvalue weighted by molar-refractivity contribution is -0.116. The number of aryl methyl sites for hydroxylation is 2. The van der Waals surface area contributed by atoms with Crippen LogP contribution in [0.1, 0.15) is 13.3 Å². The van der Waals surface area contributed by atoms with Crippen molar-refractivity contribution in [1.82, 2.24) is 24.3 Å². The summed E-state index contributed by atoms with van der Waals surface area (Å²) in [7, 11) is 1.72. The number of carbonyl (C=O) groups is 1. The maximum absolute atomic E-state index is 12.4. The molecular weight excluding hydrogens is 380 g/mol. The van der Waals surface area contributed by atoms with Crippen LogP contribution in [-0.2, 0) is 18.4 Å². The molecule has 0 radical (unpaired) electrons.